The Kier molecular flexibility index (Phi) is 1.47. The first-order chi connectivity index (χ1) is 9.46. The lowest BCUT2D eigenvalue weighted by Gasteiger charge is -2.20. The smallest absolute Gasteiger partial charge is 0.0708 e. The van der Waals surface area contributed by atoms with Gasteiger partial charge in [0.15, 0.2) is 0 Å². The maximum Gasteiger partial charge on any atom is 0.0708 e. The summed E-state index contributed by atoms with van der Waals surface area (Å²) >= 11 is 5.88. The van der Waals surface area contributed by atoms with Gasteiger partial charge in [0.2, 0.25) is 0 Å². The highest BCUT2D eigenvalue weighted by Crippen LogP contribution is 2.29. The van der Waals surface area contributed by atoms with Gasteiger partial charge in [0, 0.05) is 19.9 Å². The molecule has 0 saturated carbocycles. The molecular weight excluding hydrogens is 220 g/mol. The van der Waals surface area contributed by atoms with Crippen LogP contribution in [-0.4, -0.2) is 4.98 Å². The Morgan fingerprint density at radius 3 is 3.00 bits per heavy atom. The quantitative estimate of drug-likeness (QED) is 0.760. The van der Waals surface area contributed by atoms with E-state index in [0.717, 1.165) is 0 Å². The number of hydrogen-bond acceptors (Lipinski definition) is 2. The average Bonchev–Trinajstić information content (AvgIpc) is 2.35. The van der Waals surface area contributed by atoms with E-state index in [1.54, 1.807) is 0 Å². The van der Waals surface area contributed by atoms with E-state index in [0.29, 0.717) is 10.9 Å². The largest absolute Gasteiger partial charge is 0.397 e. The summed E-state index contributed by atoms with van der Waals surface area (Å²) < 4.78 is 38.7. The molecule has 2 N–H and O–H groups in total. The Balaban J connectivity index is 2.84. The van der Waals surface area contributed by atoms with E-state index in [9.17, 15) is 0 Å². The minimum Gasteiger partial charge on any atom is -0.397 e. The predicted molar refractivity (Wildman–Crippen MR) is 69.9 cm³/mol. The number of hydrogen-bond donors (Lipinski definition) is 1. The second kappa shape index (κ2) is 3.63. The van der Waals surface area contributed by atoms with Crippen LogP contribution in [-0.2, 0) is 5.41 Å². The van der Waals surface area contributed by atoms with Crippen LogP contribution in [0.25, 0.3) is 10.9 Å². The molecule has 0 unspecified atom stereocenters. The van der Waals surface area contributed by atoms with Crippen LogP contribution in [0.15, 0.2) is 24.2 Å². The van der Waals surface area contributed by atoms with Gasteiger partial charge in [0.25, 0.3) is 0 Å². The first-order valence-electron chi connectivity index (χ1n) is 7.33. The first-order valence-corrected chi connectivity index (χ1v) is 5.21. The van der Waals surface area contributed by atoms with Crippen LogP contribution in [0.1, 0.15) is 33.2 Å². The fourth-order valence-electron chi connectivity index (χ4n) is 1.51. The number of fused-ring (bicyclic) bond motifs is 1. The Labute approximate surface area is 107 Å². The zero-order chi connectivity index (χ0) is 16.2. The third-order valence-electron chi connectivity index (χ3n) is 2.24. The number of benzene rings is 1. The van der Waals surface area contributed by atoms with Gasteiger partial charge in [-0.25, -0.2) is 0 Å². The Hall–Kier alpha value is -1.28. The molecule has 2 aromatic rings. The Morgan fingerprint density at radius 1 is 1.56 bits per heavy atom. The molecule has 2 nitrogen and oxygen atoms in total. The lowest BCUT2D eigenvalue weighted by atomic mass is 9.90. The highest BCUT2D eigenvalue weighted by molar-refractivity contribution is 6.31. The molecule has 1 heterocycles. The number of anilines is 1. The molecule has 0 saturated heterocycles. The van der Waals surface area contributed by atoms with Crippen molar-refractivity contribution < 1.29 is 6.85 Å². The van der Waals surface area contributed by atoms with E-state index in [-0.39, 0.29) is 28.5 Å². The molecule has 3 heteroatoms. The summed E-state index contributed by atoms with van der Waals surface area (Å²) in [7, 11) is 0. The van der Waals surface area contributed by atoms with E-state index >= 15 is 0 Å². The molecule has 0 aliphatic heterocycles. The van der Waals surface area contributed by atoms with Gasteiger partial charge in [0.1, 0.15) is 0 Å². The third-order valence-corrected chi connectivity index (χ3v) is 2.46. The summed E-state index contributed by atoms with van der Waals surface area (Å²) in [6, 6.07) is 2.92. The van der Waals surface area contributed by atoms with Crippen molar-refractivity contribution in [1.82, 2.24) is 4.98 Å². The molecule has 1 aromatic carbocycles. The van der Waals surface area contributed by atoms with Crippen LogP contribution in [0.3, 0.4) is 0 Å². The number of rotatable bonds is 0. The summed E-state index contributed by atoms with van der Waals surface area (Å²) in [6.45, 7) is 0.716. The van der Waals surface area contributed by atoms with Crippen molar-refractivity contribution >= 4 is 28.2 Å². The van der Waals surface area contributed by atoms with Crippen LogP contribution < -0.4 is 5.73 Å². The lowest BCUT2D eigenvalue weighted by Crippen LogP contribution is -2.16. The summed E-state index contributed by atoms with van der Waals surface area (Å²) in [4.78, 5) is 4.29. The molecule has 0 atom stereocenters. The van der Waals surface area contributed by atoms with Gasteiger partial charge in [-0.05, 0) is 24.2 Å². The molecule has 84 valence electrons. The van der Waals surface area contributed by atoms with Gasteiger partial charge in [-0.3, -0.25) is 4.98 Å². The summed E-state index contributed by atoms with van der Waals surface area (Å²) in [6.07, 6.45) is 0. The second-order valence-electron chi connectivity index (χ2n) is 4.20. The molecular formula is C13H15ClN2. The average molecular weight is 240 g/mol. The SMILES string of the molecule is [2H]c1cc2nc(C(C)(C)C([2H])([2H])[2H])c(N)c([2H])c2cc1Cl. The fraction of sp³-hybridized carbons (Fsp3) is 0.308. The van der Waals surface area contributed by atoms with Gasteiger partial charge in [-0.15, -0.1) is 0 Å². The monoisotopic (exact) mass is 239 g/mol. The molecule has 0 aliphatic rings. The topological polar surface area (TPSA) is 38.9 Å². The minimum atomic E-state index is -2.32. The summed E-state index contributed by atoms with van der Waals surface area (Å²) in [5.41, 5.74) is 5.14. The zero-order valence-electron chi connectivity index (χ0n) is 14.1. The van der Waals surface area contributed by atoms with E-state index in [1.807, 2.05) is 0 Å². The zero-order valence-corrected chi connectivity index (χ0v) is 9.81. The minimum absolute atomic E-state index is 0.0192. The molecule has 0 amide bonds. The van der Waals surface area contributed by atoms with Crippen molar-refractivity contribution in [1.29, 1.82) is 0 Å². The van der Waals surface area contributed by atoms with Crippen LogP contribution >= 0.6 is 11.6 Å². The maximum atomic E-state index is 8.11. The number of pyridine rings is 1. The number of nitrogens with zero attached hydrogens (tertiary/aromatic N) is 1. The van der Waals surface area contributed by atoms with Gasteiger partial charge < -0.3 is 5.73 Å². The van der Waals surface area contributed by atoms with Crippen molar-refractivity contribution in [3.8, 4) is 0 Å². The molecule has 0 radical (unpaired) electrons. The highest BCUT2D eigenvalue weighted by Gasteiger charge is 2.19. The normalized spacial score (nSPS) is 17.3. The van der Waals surface area contributed by atoms with Crippen LogP contribution in [0.5, 0.6) is 0 Å². The summed E-state index contributed by atoms with van der Waals surface area (Å²) in [5, 5.41) is 0.596. The number of aromatic nitrogens is 1. The van der Waals surface area contributed by atoms with Gasteiger partial charge in [0.05, 0.1) is 19.6 Å². The molecule has 16 heavy (non-hydrogen) atoms. The molecule has 0 spiro atoms. The van der Waals surface area contributed by atoms with Gasteiger partial charge >= 0.3 is 0 Å². The van der Waals surface area contributed by atoms with Gasteiger partial charge in [-0.1, -0.05) is 32.3 Å². The second-order valence-corrected chi connectivity index (χ2v) is 4.61. The number of nitrogens with two attached hydrogens (primary N) is 1. The Morgan fingerprint density at radius 2 is 2.31 bits per heavy atom. The van der Waals surface area contributed by atoms with E-state index in [1.165, 1.54) is 26.0 Å². The van der Waals surface area contributed by atoms with Crippen LogP contribution in [0, 0.1) is 0 Å². The van der Waals surface area contributed by atoms with E-state index in [4.69, 9.17) is 24.2 Å². The number of nitrogen functional groups attached to an aromatic ring is 1. The van der Waals surface area contributed by atoms with Crippen molar-refractivity contribution in [3.05, 3.63) is 34.9 Å². The fourth-order valence-corrected chi connectivity index (χ4v) is 1.68. The van der Waals surface area contributed by atoms with Crippen molar-refractivity contribution in [2.45, 2.75) is 26.1 Å². The standard InChI is InChI=1S/C13H15ClN2/c1-13(2,3)12-10(15)7-8-6-9(14)4-5-11(8)16-12/h4-7H,15H2,1-3H3/i1D3,4D,7D. The third kappa shape index (κ3) is 1.98. The number of halogens is 1. The van der Waals surface area contributed by atoms with Crippen LogP contribution in [0.2, 0.25) is 5.02 Å². The predicted octanol–water partition coefficient (Wildman–Crippen LogP) is 3.77. The molecule has 0 aliphatic carbocycles. The molecule has 0 bridgehead atoms. The van der Waals surface area contributed by atoms with Gasteiger partial charge in [-0.2, -0.15) is 0 Å². The lowest BCUT2D eigenvalue weighted by molar-refractivity contribution is 0.574. The Bertz CT molecular complexity index is 725. The van der Waals surface area contributed by atoms with Crippen molar-refractivity contribution in [2.75, 3.05) is 5.73 Å². The molecule has 0 fully saturated rings. The van der Waals surface area contributed by atoms with Crippen molar-refractivity contribution in [3.63, 3.8) is 0 Å². The first kappa shape index (κ1) is 6.45. The van der Waals surface area contributed by atoms with E-state index in [2.05, 4.69) is 4.98 Å². The maximum absolute atomic E-state index is 8.11. The van der Waals surface area contributed by atoms with E-state index < -0.39 is 12.3 Å². The summed E-state index contributed by atoms with van der Waals surface area (Å²) in [5.74, 6) is 0. The van der Waals surface area contributed by atoms with Crippen LogP contribution in [0.4, 0.5) is 5.69 Å². The van der Waals surface area contributed by atoms with Crippen molar-refractivity contribution in [2.24, 2.45) is 0 Å². The highest BCUT2D eigenvalue weighted by atomic mass is 35.5. The molecule has 1 aromatic heterocycles. The molecule has 2 rings (SSSR count).